The van der Waals surface area contributed by atoms with Gasteiger partial charge in [-0.2, -0.15) is 0 Å². The van der Waals surface area contributed by atoms with E-state index in [0.717, 1.165) is 29.5 Å². The molecule has 0 aliphatic heterocycles. The molecule has 0 radical (unpaired) electrons. The molecule has 0 heterocycles. The van der Waals surface area contributed by atoms with Gasteiger partial charge in [-0.1, -0.05) is 29.8 Å². The SMILES string of the molecule is COc1ccc(Br)c(CCC(O)CC(C)C)c1. The number of aryl methyl sites for hydroxylation is 1. The normalized spacial score (nSPS) is 12.8. The van der Waals surface area contributed by atoms with Crippen LogP contribution in [-0.4, -0.2) is 18.3 Å². The lowest BCUT2D eigenvalue weighted by Gasteiger charge is -2.13. The fourth-order valence-corrected chi connectivity index (χ4v) is 2.30. The highest BCUT2D eigenvalue weighted by atomic mass is 79.9. The molecule has 1 atom stereocenters. The zero-order valence-corrected chi connectivity index (χ0v) is 12.3. The van der Waals surface area contributed by atoms with Crippen LogP contribution in [0, 0.1) is 5.92 Å². The molecule has 1 unspecified atom stereocenters. The minimum absolute atomic E-state index is 0.215. The van der Waals surface area contributed by atoms with Crippen LogP contribution in [0.25, 0.3) is 0 Å². The highest BCUT2D eigenvalue weighted by Gasteiger charge is 2.09. The molecular weight excluding hydrogens is 280 g/mol. The first-order valence-corrected chi connectivity index (χ1v) is 6.82. The van der Waals surface area contributed by atoms with E-state index in [1.54, 1.807) is 7.11 Å². The topological polar surface area (TPSA) is 29.5 Å². The lowest BCUT2D eigenvalue weighted by atomic mass is 10.00. The molecule has 1 aromatic rings. The third kappa shape index (κ3) is 5.09. The molecule has 1 N–H and O–H groups in total. The second-order valence-corrected chi connectivity index (χ2v) is 5.63. The Bertz CT molecular complexity index is 350. The molecular formula is C14H21BrO2. The molecule has 17 heavy (non-hydrogen) atoms. The van der Waals surface area contributed by atoms with Crippen molar-refractivity contribution in [2.75, 3.05) is 7.11 Å². The molecule has 0 saturated heterocycles. The Hall–Kier alpha value is -0.540. The predicted molar refractivity (Wildman–Crippen MR) is 74.5 cm³/mol. The molecule has 2 nitrogen and oxygen atoms in total. The quantitative estimate of drug-likeness (QED) is 0.866. The van der Waals surface area contributed by atoms with Gasteiger partial charge in [-0.05, 0) is 48.9 Å². The molecule has 0 amide bonds. The first kappa shape index (κ1) is 14.5. The van der Waals surface area contributed by atoms with Crippen molar-refractivity contribution in [1.82, 2.24) is 0 Å². The zero-order chi connectivity index (χ0) is 12.8. The van der Waals surface area contributed by atoms with Crippen LogP contribution >= 0.6 is 15.9 Å². The highest BCUT2D eigenvalue weighted by Crippen LogP contribution is 2.24. The molecule has 1 rings (SSSR count). The number of ether oxygens (including phenoxy) is 1. The second-order valence-electron chi connectivity index (χ2n) is 4.78. The molecule has 96 valence electrons. The largest absolute Gasteiger partial charge is 0.497 e. The van der Waals surface area contributed by atoms with Crippen molar-refractivity contribution in [3.05, 3.63) is 28.2 Å². The standard InChI is InChI=1S/C14H21BrO2/c1-10(2)8-12(16)5-4-11-9-13(17-3)6-7-14(11)15/h6-7,9-10,12,16H,4-5,8H2,1-3H3. The molecule has 0 aliphatic carbocycles. The lowest BCUT2D eigenvalue weighted by molar-refractivity contribution is 0.139. The summed E-state index contributed by atoms with van der Waals surface area (Å²) in [6.07, 6.45) is 2.31. The molecule has 0 aliphatic rings. The fraction of sp³-hybridized carbons (Fsp3) is 0.571. The van der Waals surface area contributed by atoms with Crippen LogP contribution in [0.15, 0.2) is 22.7 Å². The lowest BCUT2D eigenvalue weighted by Crippen LogP contribution is -2.11. The summed E-state index contributed by atoms with van der Waals surface area (Å²) in [5, 5.41) is 9.85. The summed E-state index contributed by atoms with van der Waals surface area (Å²) in [4.78, 5) is 0. The number of hydrogen-bond acceptors (Lipinski definition) is 2. The Morgan fingerprint density at radius 1 is 1.35 bits per heavy atom. The minimum Gasteiger partial charge on any atom is -0.497 e. The van der Waals surface area contributed by atoms with Crippen molar-refractivity contribution >= 4 is 15.9 Å². The summed E-state index contributed by atoms with van der Waals surface area (Å²) in [5.41, 5.74) is 1.19. The van der Waals surface area contributed by atoms with Crippen molar-refractivity contribution in [3.63, 3.8) is 0 Å². The van der Waals surface area contributed by atoms with Crippen molar-refractivity contribution in [3.8, 4) is 5.75 Å². The van der Waals surface area contributed by atoms with Crippen molar-refractivity contribution in [2.45, 2.75) is 39.2 Å². The van der Waals surface area contributed by atoms with E-state index >= 15 is 0 Å². The van der Waals surface area contributed by atoms with E-state index in [0.29, 0.717) is 5.92 Å². The maximum Gasteiger partial charge on any atom is 0.119 e. The highest BCUT2D eigenvalue weighted by molar-refractivity contribution is 9.10. The number of rotatable bonds is 6. The Morgan fingerprint density at radius 2 is 2.06 bits per heavy atom. The van der Waals surface area contributed by atoms with Gasteiger partial charge in [0, 0.05) is 4.47 Å². The second kappa shape index (κ2) is 7.02. The van der Waals surface area contributed by atoms with Gasteiger partial charge >= 0.3 is 0 Å². The first-order valence-electron chi connectivity index (χ1n) is 6.03. The van der Waals surface area contributed by atoms with Gasteiger partial charge in [0.1, 0.15) is 5.75 Å². The van der Waals surface area contributed by atoms with Gasteiger partial charge in [0.25, 0.3) is 0 Å². The van der Waals surface area contributed by atoms with E-state index in [-0.39, 0.29) is 6.10 Å². The zero-order valence-electron chi connectivity index (χ0n) is 10.7. The van der Waals surface area contributed by atoms with Crippen LogP contribution in [0.2, 0.25) is 0 Å². The maximum absolute atomic E-state index is 9.85. The molecule has 0 spiro atoms. The third-order valence-electron chi connectivity index (χ3n) is 2.74. The average molecular weight is 301 g/mol. The van der Waals surface area contributed by atoms with Gasteiger partial charge < -0.3 is 9.84 Å². The maximum atomic E-state index is 9.85. The van der Waals surface area contributed by atoms with Gasteiger partial charge in [-0.3, -0.25) is 0 Å². The van der Waals surface area contributed by atoms with Gasteiger partial charge in [0.05, 0.1) is 13.2 Å². The van der Waals surface area contributed by atoms with Crippen molar-refractivity contribution in [2.24, 2.45) is 5.92 Å². The summed E-state index contributed by atoms with van der Waals surface area (Å²) in [5.74, 6) is 1.40. The van der Waals surface area contributed by atoms with E-state index in [4.69, 9.17) is 4.74 Å². The summed E-state index contributed by atoms with van der Waals surface area (Å²) >= 11 is 3.52. The Balaban J connectivity index is 2.56. The monoisotopic (exact) mass is 300 g/mol. The van der Waals surface area contributed by atoms with Gasteiger partial charge in [0.2, 0.25) is 0 Å². The first-order chi connectivity index (χ1) is 8.02. The van der Waals surface area contributed by atoms with E-state index in [1.165, 1.54) is 5.56 Å². The van der Waals surface area contributed by atoms with E-state index < -0.39 is 0 Å². The van der Waals surface area contributed by atoms with Gasteiger partial charge in [0.15, 0.2) is 0 Å². The summed E-state index contributed by atoms with van der Waals surface area (Å²) < 4.78 is 6.28. The smallest absolute Gasteiger partial charge is 0.119 e. The van der Waals surface area contributed by atoms with Crippen LogP contribution in [0.5, 0.6) is 5.75 Å². The van der Waals surface area contributed by atoms with Gasteiger partial charge in [-0.15, -0.1) is 0 Å². The summed E-state index contributed by atoms with van der Waals surface area (Å²) in [6, 6.07) is 5.94. The molecule has 0 saturated carbocycles. The van der Waals surface area contributed by atoms with E-state index in [2.05, 4.69) is 29.8 Å². The number of hydrogen-bond donors (Lipinski definition) is 1. The summed E-state index contributed by atoms with van der Waals surface area (Å²) in [7, 11) is 1.67. The number of aliphatic hydroxyl groups is 1. The molecule has 0 fully saturated rings. The van der Waals surface area contributed by atoms with Crippen LogP contribution < -0.4 is 4.74 Å². The fourth-order valence-electron chi connectivity index (χ4n) is 1.85. The number of halogens is 1. The van der Waals surface area contributed by atoms with Crippen LogP contribution in [0.1, 0.15) is 32.3 Å². The predicted octanol–water partition coefficient (Wildman–Crippen LogP) is 3.80. The van der Waals surface area contributed by atoms with E-state index in [9.17, 15) is 5.11 Å². The number of aliphatic hydroxyl groups excluding tert-OH is 1. The Labute approximate surface area is 112 Å². The van der Waals surface area contributed by atoms with Crippen LogP contribution in [-0.2, 0) is 6.42 Å². The Morgan fingerprint density at radius 3 is 2.65 bits per heavy atom. The number of methoxy groups -OCH3 is 1. The molecule has 0 bridgehead atoms. The Kier molecular flexibility index (Phi) is 6.00. The minimum atomic E-state index is -0.215. The van der Waals surface area contributed by atoms with E-state index in [1.807, 2.05) is 18.2 Å². The third-order valence-corrected chi connectivity index (χ3v) is 3.52. The van der Waals surface area contributed by atoms with Crippen molar-refractivity contribution in [1.29, 1.82) is 0 Å². The molecule has 1 aromatic carbocycles. The van der Waals surface area contributed by atoms with Crippen molar-refractivity contribution < 1.29 is 9.84 Å². The summed E-state index contributed by atoms with van der Waals surface area (Å²) in [6.45, 7) is 4.26. The van der Waals surface area contributed by atoms with Crippen LogP contribution in [0.3, 0.4) is 0 Å². The molecule has 0 aromatic heterocycles. The average Bonchev–Trinajstić information content (AvgIpc) is 2.27. The van der Waals surface area contributed by atoms with Gasteiger partial charge in [-0.25, -0.2) is 0 Å². The molecule has 3 heteroatoms. The van der Waals surface area contributed by atoms with Crippen LogP contribution in [0.4, 0.5) is 0 Å². The number of benzene rings is 1.